The summed E-state index contributed by atoms with van der Waals surface area (Å²) in [5, 5.41) is 63.8. The molecule has 1 saturated carbocycles. The largest absolute Gasteiger partial charge is 0.469 e. The first-order chi connectivity index (χ1) is 31.9. The quantitative estimate of drug-likeness (QED) is 0.124. The molecule has 1 unspecified atom stereocenters. The number of ether oxygens (including phenoxy) is 13. The van der Waals surface area contributed by atoms with E-state index >= 15 is 0 Å². The smallest absolute Gasteiger partial charge is 0.309 e. The van der Waals surface area contributed by atoms with Crippen LogP contribution in [0.5, 0.6) is 0 Å². The molecule has 6 saturated heterocycles. The van der Waals surface area contributed by atoms with Crippen molar-refractivity contribution in [2.24, 2.45) is 23.2 Å². The summed E-state index contributed by atoms with van der Waals surface area (Å²) in [4.78, 5) is 13.8. The van der Waals surface area contributed by atoms with Gasteiger partial charge in [-0.15, -0.1) is 0 Å². The third-order valence-corrected chi connectivity index (χ3v) is 16.3. The molecule has 7 aliphatic heterocycles. The number of aliphatic hydroxyl groups excluding tert-OH is 6. The van der Waals surface area contributed by atoms with E-state index in [0.29, 0.717) is 32.3 Å². The van der Waals surface area contributed by atoms with Crippen molar-refractivity contribution in [2.75, 3.05) is 27.4 Å². The van der Waals surface area contributed by atoms with Gasteiger partial charge in [0.15, 0.2) is 25.2 Å². The first-order valence-electron chi connectivity index (χ1n) is 24.2. The molecule has 0 spiro atoms. The van der Waals surface area contributed by atoms with E-state index in [9.17, 15) is 35.4 Å². The molecule has 0 aromatic rings. The van der Waals surface area contributed by atoms with Gasteiger partial charge in [0.25, 0.3) is 0 Å². The van der Waals surface area contributed by atoms with Crippen molar-refractivity contribution in [1.29, 1.82) is 0 Å². The first-order valence-corrected chi connectivity index (χ1v) is 24.2. The van der Waals surface area contributed by atoms with E-state index in [-0.39, 0.29) is 42.7 Å². The number of methoxy groups -OCH3 is 2. The van der Waals surface area contributed by atoms with Gasteiger partial charge in [0.05, 0.1) is 80.1 Å². The van der Waals surface area contributed by atoms with Crippen LogP contribution in [0.15, 0.2) is 23.5 Å². The molecule has 0 aromatic heterocycles. The van der Waals surface area contributed by atoms with E-state index in [1.54, 1.807) is 27.2 Å². The molecule has 2 aliphatic carbocycles. The Morgan fingerprint density at radius 3 is 2.03 bits per heavy atom. The molecule has 7 fully saturated rings. The van der Waals surface area contributed by atoms with Crippen LogP contribution in [0.3, 0.4) is 0 Å². The van der Waals surface area contributed by atoms with Gasteiger partial charge in [-0.05, 0) is 69.8 Å². The lowest BCUT2D eigenvalue weighted by Crippen LogP contribution is -2.62. The molecular weight excluding hydrogens is 884 g/mol. The van der Waals surface area contributed by atoms with Crippen molar-refractivity contribution in [3.63, 3.8) is 0 Å². The van der Waals surface area contributed by atoms with Crippen LogP contribution in [-0.2, 0) is 66.4 Å². The van der Waals surface area contributed by atoms with Crippen LogP contribution < -0.4 is 0 Å². The Bertz CT molecular complexity index is 1790. The van der Waals surface area contributed by atoms with Gasteiger partial charge in [-0.25, -0.2) is 0 Å². The van der Waals surface area contributed by atoms with Gasteiger partial charge >= 0.3 is 5.97 Å². The lowest BCUT2D eigenvalue weighted by molar-refractivity contribution is -0.356. The second-order valence-corrected chi connectivity index (χ2v) is 20.5. The Kier molecular flexibility index (Phi) is 14.9. The molecule has 7 heterocycles. The van der Waals surface area contributed by atoms with Crippen LogP contribution in [-0.4, -0.2) is 193 Å². The highest BCUT2D eigenvalue weighted by Gasteiger charge is 2.59. The van der Waals surface area contributed by atoms with E-state index in [4.69, 9.17) is 61.6 Å². The van der Waals surface area contributed by atoms with Crippen LogP contribution in [0.2, 0.25) is 0 Å². The normalized spacial score (nSPS) is 52.3. The second kappa shape index (κ2) is 19.9. The minimum atomic E-state index is -1.60. The van der Waals surface area contributed by atoms with Gasteiger partial charge in [0.1, 0.15) is 48.8 Å². The number of allylic oxidation sites excluding steroid dienone is 1. The summed E-state index contributed by atoms with van der Waals surface area (Å²) in [5.41, 5.74) is 1.84. The zero-order valence-corrected chi connectivity index (χ0v) is 39.4. The van der Waals surface area contributed by atoms with Crippen LogP contribution in [0.1, 0.15) is 86.0 Å². The van der Waals surface area contributed by atoms with E-state index in [1.165, 1.54) is 12.7 Å². The average molecular weight is 957 g/mol. The molecule has 9 rings (SSSR count). The molecule has 20 heteroatoms. The minimum absolute atomic E-state index is 0.0362. The van der Waals surface area contributed by atoms with Crippen molar-refractivity contribution in [2.45, 2.75) is 215 Å². The maximum absolute atomic E-state index is 13.8. The molecule has 380 valence electrons. The maximum atomic E-state index is 13.8. The fourth-order valence-electron chi connectivity index (χ4n) is 12.6. The first kappa shape index (κ1) is 50.0. The third-order valence-electron chi connectivity index (χ3n) is 16.3. The SMILES string of the molecule is CO[C@@H]1C[C@H](O[C@@H]2CC3=CC[C@H]4C(=O)OC5CO[C@]6(C)OC=C(CC[C@@H]4[C@@]3(C)C[C@H]2O)[C@H]56)O[C@H](C)[C@H]1O[C@H]1C[C@H](O)[C@H](O[C@@H]2C[C@@H](OC)[C@H](O[C@@H]3O[C@H](CO)[C@@H](O)[C@H](O)[C@H]3O)[C@@H](C)O2)[C@@H](C)O1. The summed E-state index contributed by atoms with van der Waals surface area (Å²) in [7, 11) is 3.08. The molecule has 0 radical (unpaired) electrons. The lowest BCUT2D eigenvalue weighted by Gasteiger charge is -2.52. The lowest BCUT2D eigenvalue weighted by atomic mass is 9.55. The topological polar surface area (TPSA) is 258 Å². The Labute approximate surface area is 390 Å². The standard InChI is InChI=1S/C47H72O20/c1-20-41(65-36-15-31(56-7)43(22(3)61-36)67-45-40(53)39(52)38(51)32(17-48)64-45)27(49)13-34(59-20)66-42-21(2)60-35(14-30(42)55-6)62-29-12-24-9-10-25-26(46(24,4)16-28(29)50)11-8-23-18-57-47(5)37(23)33(19-58-47)63-44(25)54/h9,18,20-22,25-43,45,48-53H,8,10-17,19H2,1-7H3/t20-,21-,22-,25-,26+,27+,28-,29-,30-,31-,32-,33?,34+,35+,36-,37-,38-,39+,40-,41-,42-,43-,45+,46+,47+/m1/s1. The van der Waals surface area contributed by atoms with Crippen molar-refractivity contribution in [1.82, 2.24) is 0 Å². The maximum Gasteiger partial charge on any atom is 0.309 e. The Morgan fingerprint density at radius 2 is 1.37 bits per heavy atom. The van der Waals surface area contributed by atoms with Gasteiger partial charge < -0.3 is 92.2 Å². The van der Waals surface area contributed by atoms with E-state index in [0.717, 1.165) is 18.4 Å². The summed E-state index contributed by atoms with van der Waals surface area (Å²) in [5.74, 6) is -1.52. The van der Waals surface area contributed by atoms with Gasteiger partial charge in [0.2, 0.25) is 5.79 Å². The molecule has 9 aliphatic rings. The molecule has 6 N–H and O–H groups in total. The zero-order valence-electron chi connectivity index (χ0n) is 39.4. The van der Waals surface area contributed by atoms with Crippen LogP contribution in [0.25, 0.3) is 0 Å². The molecule has 20 nitrogen and oxygen atoms in total. The number of hydrogen-bond acceptors (Lipinski definition) is 20. The highest BCUT2D eigenvalue weighted by atomic mass is 16.8. The fraction of sp³-hybridized carbons (Fsp3) is 0.894. The Hall–Kier alpha value is -1.93. The predicted octanol–water partition coefficient (Wildman–Crippen LogP) is 0.829. The van der Waals surface area contributed by atoms with E-state index < -0.39 is 135 Å². The van der Waals surface area contributed by atoms with E-state index in [2.05, 4.69) is 13.0 Å². The molecule has 0 aromatic carbocycles. The predicted molar refractivity (Wildman–Crippen MR) is 227 cm³/mol. The molecular formula is C47H72O20. The summed E-state index contributed by atoms with van der Waals surface area (Å²) in [6, 6.07) is 0. The van der Waals surface area contributed by atoms with E-state index in [1.807, 2.05) is 13.8 Å². The summed E-state index contributed by atoms with van der Waals surface area (Å²) < 4.78 is 79.5. The van der Waals surface area contributed by atoms with Gasteiger partial charge in [-0.3, -0.25) is 4.79 Å². The van der Waals surface area contributed by atoms with Gasteiger partial charge in [0, 0.05) is 40.4 Å². The molecule has 0 amide bonds. The second-order valence-electron chi connectivity index (χ2n) is 20.5. The molecule has 25 atom stereocenters. The van der Waals surface area contributed by atoms with Crippen molar-refractivity contribution in [3.05, 3.63) is 23.5 Å². The molecule has 0 bridgehead atoms. The number of esters is 1. The summed E-state index contributed by atoms with van der Waals surface area (Å²) >= 11 is 0. The summed E-state index contributed by atoms with van der Waals surface area (Å²) in [6.45, 7) is 9.14. The van der Waals surface area contributed by atoms with Crippen LogP contribution in [0, 0.1) is 23.2 Å². The van der Waals surface area contributed by atoms with Crippen LogP contribution in [0.4, 0.5) is 0 Å². The number of hydrogen-bond donors (Lipinski definition) is 6. The van der Waals surface area contributed by atoms with Crippen LogP contribution >= 0.6 is 0 Å². The monoisotopic (exact) mass is 956 g/mol. The zero-order chi connectivity index (χ0) is 47.7. The van der Waals surface area contributed by atoms with Gasteiger partial charge in [-0.1, -0.05) is 18.6 Å². The number of carbonyl (C=O) groups excluding carboxylic acids is 1. The highest BCUT2D eigenvalue weighted by molar-refractivity contribution is 5.74. The minimum Gasteiger partial charge on any atom is -0.469 e. The Morgan fingerprint density at radius 1 is 0.746 bits per heavy atom. The van der Waals surface area contributed by atoms with Crippen molar-refractivity contribution < 1.29 is 97.0 Å². The van der Waals surface area contributed by atoms with Crippen molar-refractivity contribution >= 4 is 5.97 Å². The highest BCUT2D eigenvalue weighted by Crippen LogP contribution is 2.57. The number of carbonyl (C=O) groups is 1. The third kappa shape index (κ3) is 9.51. The number of rotatable bonds is 11. The average Bonchev–Trinajstić information content (AvgIpc) is 3.81. The fourth-order valence-corrected chi connectivity index (χ4v) is 12.6. The summed E-state index contributed by atoms with van der Waals surface area (Å²) in [6.07, 6.45) is -9.91. The van der Waals surface area contributed by atoms with Crippen molar-refractivity contribution in [3.8, 4) is 0 Å². The van der Waals surface area contributed by atoms with Gasteiger partial charge in [-0.2, -0.15) is 0 Å². The molecule has 67 heavy (non-hydrogen) atoms. The number of fused-ring (bicyclic) bond motifs is 3. The Balaban J connectivity index is 0.768. The number of aliphatic hydroxyl groups is 6.